The molecule has 10 nitrogen and oxygen atoms in total. The lowest BCUT2D eigenvalue weighted by atomic mass is 9.53. The van der Waals surface area contributed by atoms with Crippen LogP contribution in [-0.4, -0.2) is 51.6 Å². The van der Waals surface area contributed by atoms with Crippen molar-refractivity contribution in [3.63, 3.8) is 0 Å². The fourth-order valence-corrected chi connectivity index (χ4v) is 11.9. The second-order valence-electron chi connectivity index (χ2n) is 19.9. The minimum Gasteiger partial charge on any atom is -0.506 e. The maximum absolute atomic E-state index is 15.8. The number of Topliss-reactive ketones (excluding diaryl/α,β-unsaturated/α-hetero) is 2. The number of benzene rings is 4. The summed E-state index contributed by atoms with van der Waals surface area (Å²) in [6.45, 7) is 18.8. The van der Waals surface area contributed by atoms with Crippen LogP contribution in [-0.2, 0) is 35.9 Å². The number of phenolic OH excluding ortho intramolecular Hbond substituents is 1. The summed E-state index contributed by atoms with van der Waals surface area (Å²) in [5.41, 5.74) is -1.63. The molecule has 1 heterocycles. The Kier molecular flexibility index (Phi) is 9.28. The number of carbonyl (C=O) groups is 2. The molecule has 0 saturated heterocycles. The van der Waals surface area contributed by atoms with Gasteiger partial charge < -0.3 is 33.7 Å². The van der Waals surface area contributed by atoms with E-state index in [9.17, 15) is 15.3 Å². The Morgan fingerprint density at radius 1 is 0.869 bits per heavy atom. The molecule has 4 atom stereocenters. The molecule has 0 unspecified atom stereocenters. The summed E-state index contributed by atoms with van der Waals surface area (Å²) in [5.74, 6) is -2.01. The first-order valence-corrected chi connectivity index (χ1v) is 24.2. The lowest BCUT2D eigenvalue weighted by Crippen LogP contribution is -2.73. The molecule has 0 bridgehead atoms. The van der Waals surface area contributed by atoms with Crippen molar-refractivity contribution in [2.75, 3.05) is 0 Å². The fraction of sp³-hybridized carbons (Fsp3) is 0.420. The number of ketones is 2. The van der Waals surface area contributed by atoms with Gasteiger partial charge in [-0.3, -0.25) is 9.59 Å². The predicted octanol–water partition coefficient (Wildman–Crippen LogP) is 9.72. The minimum absolute atomic E-state index is 0.0223. The van der Waals surface area contributed by atoms with Crippen LogP contribution in [0.15, 0.2) is 82.9 Å². The van der Waals surface area contributed by atoms with Crippen molar-refractivity contribution < 1.29 is 43.3 Å². The van der Waals surface area contributed by atoms with Crippen molar-refractivity contribution in [1.82, 2.24) is 5.16 Å². The smallest absolute Gasteiger partial charge is 0.260 e. The molecule has 0 saturated carbocycles. The van der Waals surface area contributed by atoms with E-state index in [0.717, 1.165) is 40.7 Å². The van der Waals surface area contributed by atoms with E-state index in [1.165, 1.54) is 0 Å². The molecule has 1 spiro atoms. The van der Waals surface area contributed by atoms with Crippen molar-refractivity contribution in [2.24, 2.45) is 5.41 Å². The van der Waals surface area contributed by atoms with E-state index in [1.54, 1.807) is 0 Å². The quantitative estimate of drug-likeness (QED) is 0.102. The molecular formula is C50H55NO9Si. The van der Waals surface area contributed by atoms with Gasteiger partial charge in [0, 0.05) is 17.4 Å². The van der Waals surface area contributed by atoms with E-state index in [2.05, 4.69) is 32.0 Å². The van der Waals surface area contributed by atoms with Crippen LogP contribution in [0.5, 0.6) is 17.4 Å². The summed E-state index contributed by atoms with van der Waals surface area (Å²) < 4.78 is 25.7. The molecule has 4 aromatic carbocycles. The average Bonchev–Trinajstić information content (AvgIpc) is 3.78. The van der Waals surface area contributed by atoms with Gasteiger partial charge in [-0.25, -0.2) is 0 Å². The van der Waals surface area contributed by atoms with Crippen LogP contribution in [0.3, 0.4) is 0 Å². The molecule has 0 fully saturated rings. The molecule has 0 radical (unpaired) electrons. The zero-order valence-corrected chi connectivity index (χ0v) is 37.5. The number of rotatable bonds is 8. The van der Waals surface area contributed by atoms with Crippen LogP contribution in [0.1, 0.15) is 120 Å². The third-order valence-electron chi connectivity index (χ3n) is 15.0. The van der Waals surface area contributed by atoms with E-state index in [0.29, 0.717) is 28.5 Å². The van der Waals surface area contributed by atoms with Crippen LogP contribution < -0.4 is 9.47 Å². The Morgan fingerprint density at radius 2 is 1.49 bits per heavy atom. The van der Waals surface area contributed by atoms with Crippen molar-refractivity contribution in [1.29, 1.82) is 0 Å². The number of phenols is 1. The van der Waals surface area contributed by atoms with Crippen molar-refractivity contribution in [3.05, 3.63) is 129 Å². The summed E-state index contributed by atoms with van der Waals surface area (Å²) in [4.78, 5) is 31.5. The minimum atomic E-state index is -2.97. The van der Waals surface area contributed by atoms with Crippen LogP contribution >= 0.6 is 0 Å². The molecule has 9 rings (SSSR count). The van der Waals surface area contributed by atoms with Gasteiger partial charge in [0.25, 0.3) is 5.88 Å². The highest BCUT2D eigenvalue weighted by Crippen LogP contribution is 2.65. The normalized spacial score (nSPS) is 25.3. The lowest BCUT2D eigenvalue weighted by molar-refractivity contribution is -0.161. The number of aromatic nitrogens is 1. The van der Waals surface area contributed by atoms with E-state index < -0.39 is 59.8 Å². The van der Waals surface area contributed by atoms with Gasteiger partial charge in [-0.2, -0.15) is 0 Å². The number of allylic oxidation sites excluding steroid dienone is 2. The first kappa shape index (κ1) is 41.3. The first-order valence-electron chi connectivity index (χ1n) is 21.3. The fourth-order valence-electron chi connectivity index (χ4n) is 10.6. The summed E-state index contributed by atoms with van der Waals surface area (Å²) in [5, 5.41) is 44.1. The molecule has 5 aromatic rings. The standard InChI is InChI=1S/C50H55NO9Si/c1-28-23-33(57-26-30-18-12-10-13-19-30)37-35-32(24-48(40(28)35)29(2)17-16-22-47(48,6)7)36-39(41(37)52)43(54)50(56)44(60-61(8,9)46(3,4)5)38-34(25-49(50,55)42(36)53)59-51-45(38)58-27-31-20-14-11-15-21-31/h10-15,17-21,23,44,52,55-56H,16,22,24-27H2,1-9H3/t44-,48+,49+,50+/m1/s1. The van der Waals surface area contributed by atoms with Gasteiger partial charge in [-0.15, -0.1) is 0 Å². The molecule has 4 aliphatic rings. The largest absolute Gasteiger partial charge is 0.506 e. The van der Waals surface area contributed by atoms with E-state index >= 15 is 9.59 Å². The number of aromatic hydroxyl groups is 1. The summed E-state index contributed by atoms with van der Waals surface area (Å²) in [6, 6.07) is 21.0. The summed E-state index contributed by atoms with van der Waals surface area (Å²) in [7, 11) is -2.97. The molecule has 0 amide bonds. The van der Waals surface area contributed by atoms with Crippen LogP contribution in [0.4, 0.5) is 0 Å². The number of aliphatic hydroxyl groups is 2. The van der Waals surface area contributed by atoms with Gasteiger partial charge in [0.15, 0.2) is 25.3 Å². The predicted molar refractivity (Wildman–Crippen MR) is 234 cm³/mol. The topological polar surface area (TPSA) is 149 Å². The molecule has 61 heavy (non-hydrogen) atoms. The maximum Gasteiger partial charge on any atom is 0.260 e. The van der Waals surface area contributed by atoms with Crippen LogP contribution in [0.2, 0.25) is 18.1 Å². The average molecular weight is 842 g/mol. The number of hydrogen-bond acceptors (Lipinski definition) is 10. The Balaban J connectivity index is 1.30. The zero-order chi connectivity index (χ0) is 43.7. The van der Waals surface area contributed by atoms with Gasteiger partial charge in [0.05, 0.1) is 16.5 Å². The van der Waals surface area contributed by atoms with Crippen molar-refractivity contribution in [3.8, 4) is 17.4 Å². The van der Waals surface area contributed by atoms with E-state index in [4.69, 9.17) is 18.4 Å². The van der Waals surface area contributed by atoms with Gasteiger partial charge >= 0.3 is 0 Å². The highest BCUT2D eigenvalue weighted by Gasteiger charge is 2.73. The number of fused-ring (bicyclic) bond motifs is 5. The molecule has 4 aliphatic carbocycles. The van der Waals surface area contributed by atoms with Gasteiger partial charge in [-0.05, 0) is 101 Å². The molecule has 1 aromatic heterocycles. The molecular weight excluding hydrogens is 787 g/mol. The van der Waals surface area contributed by atoms with E-state index in [-0.39, 0.29) is 47.0 Å². The summed E-state index contributed by atoms with van der Waals surface area (Å²) in [6.07, 6.45) is 2.09. The van der Waals surface area contributed by atoms with Gasteiger partial charge in [-0.1, -0.05) is 107 Å². The number of carbonyl (C=O) groups excluding carboxylic acids is 2. The monoisotopic (exact) mass is 841 g/mol. The van der Waals surface area contributed by atoms with Gasteiger partial charge in [0.1, 0.15) is 36.6 Å². The number of ether oxygens (including phenoxy) is 2. The number of aryl methyl sites for hydroxylation is 1. The Morgan fingerprint density at radius 3 is 2.10 bits per heavy atom. The van der Waals surface area contributed by atoms with Gasteiger partial charge in [0.2, 0.25) is 5.78 Å². The second-order valence-corrected chi connectivity index (χ2v) is 24.6. The zero-order valence-electron chi connectivity index (χ0n) is 36.5. The highest BCUT2D eigenvalue weighted by molar-refractivity contribution is 6.74. The lowest BCUT2D eigenvalue weighted by Gasteiger charge is -2.53. The third-order valence-corrected chi connectivity index (χ3v) is 19.5. The summed E-state index contributed by atoms with van der Waals surface area (Å²) >= 11 is 0. The first-order chi connectivity index (χ1) is 28.7. The second kappa shape index (κ2) is 13.7. The Bertz CT molecular complexity index is 2680. The number of nitrogens with zero attached hydrogens (tertiary/aromatic N) is 1. The van der Waals surface area contributed by atoms with Crippen LogP contribution in [0.25, 0.3) is 10.8 Å². The third kappa shape index (κ3) is 5.66. The molecule has 3 N–H and O–H groups in total. The SMILES string of the molecule is CC1=CCCC(C)(C)[C@@]12Cc1c3c(c(O)c4c(OCc5ccccc5)cc(C)c2c14)C(=O)[C@]1(O)[C@H](O[Si](C)(C)C(C)(C)C)c2c(OCc4ccccc4)noc2C[C@]1(O)C3=O. The number of hydrogen-bond donors (Lipinski definition) is 3. The molecule has 11 heteroatoms. The highest BCUT2D eigenvalue weighted by atomic mass is 28.4. The Labute approximate surface area is 357 Å². The molecule has 0 aliphatic heterocycles. The maximum atomic E-state index is 15.8. The molecule has 318 valence electrons. The van der Waals surface area contributed by atoms with Crippen molar-refractivity contribution in [2.45, 2.75) is 128 Å². The van der Waals surface area contributed by atoms with E-state index in [1.807, 2.05) is 108 Å². The van der Waals surface area contributed by atoms with Crippen LogP contribution in [0, 0.1) is 12.3 Å². The Hall–Kier alpha value is -5.07. The van der Waals surface area contributed by atoms with Crippen molar-refractivity contribution >= 4 is 30.7 Å².